The summed E-state index contributed by atoms with van der Waals surface area (Å²) in [6.45, 7) is 0. The molecular weight excluding hydrogens is 677 g/mol. The molecule has 0 saturated heterocycles. The first-order valence-corrected chi connectivity index (χ1v) is 19.3. The number of anilines is 3. The zero-order valence-corrected chi connectivity index (χ0v) is 30.7. The van der Waals surface area contributed by atoms with Crippen LogP contribution >= 0.6 is 0 Å². The predicted molar refractivity (Wildman–Crippen MR) is 239 cm³/mol. The quantitative estimate of drug-likeness (QED) is 0.167. The predicted octanol–water partition coefficient (Wildman–Crippen LogP) is 15.0. The van der Waals surface area contributed by atoms with Crippen LogP contribution in [-0.2, 0) is 0 Å². The molecule has 56 heavy (non-hydrogen) atoms. The maximum absolute atomic E-state index is 2.45. The number of rotatable bonds is 6. The van der Waals surface area contributed by atoms with Crippen LogP contribution in [0.15, 0.2) is 218 Å². The van der Waals surface area contributed by atoms with Gasteiger partial charge in [0.05, 0.1) is 16.7 Å². The molecule has 0 aliphatic carbocycles. The average Bonchev–Trinajstić information content (AvgIpc) is 3.61. The number of fused-ring (bicyclic) bond motifs is 6. The third kappa shape index (κ3) is 5.19. The fourth-order valence-corrected chi connectivity index (χ4v) is 8.86. The van der Waals surface area contributed by atoms with Crippen molar-refractivity contribution in [1.82, 2.24) is 4.57 Å². The Morgan fingerprint density at radius 1 is 0.304 bits per heavy atom. The molecule has 1 heterocycles. The van der Waals surface area contributed by atoms with Crippen LogP contribution in [0.3, 0.4) is 0 Å². The normalized spacial score (nSPS) is 11.6. The van der Waals surface area contributed by atoms with Gasteiger partial charge in [-0.25, -0.2) is 0 Å². The second-order valence-electron chi connectivity index (χ2n) is 14.5. The van der Waals surface area contributed by atoms with Crippen molar-refractivity contribution in [3.63, 3.8) is 0 Å². The van der Waals surface area contributed by atoms with Gasteiger partial charge in [-0.15, -0.1) is 0 Å². The number of para-hydroxylation sites is 2. The van der Waals surface area contributed by atoms with Crippen LogP contribution in [0.4, 0.5) is 17.1 Å². The zero-order chi connectivity index (χ0) is 37.0. The lowest BCUT2D eigenvalue weighted by Gasteiger charge is -2.28. The summed E-state index contributed by atoms with van der Waals surface area (Å²) in [7, 11) is 0. The van der Waals surface area contributed by atoms with Crippen molar-refractivity contribution in [2.75, 3.05) is 4.90 Å². The van der Waals surface area contributed by atoms with Gasteiger partial charge in [0, 0.05) is 33.2 Å². The third-order valence-electron chi connectivity index (χ3n) is 11.4. The Morgan fingerprint density at radius 2 is 0.786 bits per heavy atom. The number of hydrogen-bond acceptors (Lipinski definition) is 1. The maximum Gasteiger partial charge on any atom is 0.0541 e. The molecule has 0 fully saturated rings. The average molecular weight is 713 g/mol. The molecule has 0 saturated carbocycles. The molecule has 0 bridgehead atoms. The minimum atomic E-state index is 1.09. The van der Waals surface area contributed by atoms with Crippen LogP contribution in [0.25, 0.3) is 82.1 Å². The smallest absolute Gasteiger partial charge is 0.0541 e. The Morgan fingerprint density at radius 3 is 1.48 bits per heavy atom. The molecule has 0 N–H and O–H groups in total. The van der Waals surface area contributed by atoms with E-state index in [1.54, 1.807) is 0 Å². The molecule has 11 aromatic rings. The van der Waals surface area contributed by atoms with Gasteiger partial charge in [-0.05, 0) is 97.7 Å². The standard InChI is InChI=1S/C54H36N2/c1-3-23-43-37(15-1)17-12-29-45(43)39-19-11-20-40(35-39)55(41-21-14-22-42(36-41)56-52-31-9-7-27-50(52)51-28-8-10-32-53(51)56)54-34-33-48(47-25-5-6-26-49(47)54)46-30-13-18-38-16-2-4-24-44(38)46/h1-36H. The fraction of sp³-hybridized carbons (Fsp3) is 0. The highest BCUT2D eigenvalue weighted by Gasteiger charge is 2.20. The molecule has 2 heteroatoms. The highest BCUT2D eigenvalue weighted by molar-refractivity contribution is 6.11. The second kappa shape index (κ2) is 13.2. The molecule has 0 aliphatic heterocycles. The second-order valence-corrected chi connectivity index (χ2v) is 14.5. The van der Waals surface area contributed by atoms with Gasteiger partial charge >= 0.3 is 0 Å². The minimum absolute atomic E-state index is 1.09. The van der Waals surface area contributed by atoms with Crippen LogP contribution in [0.1, 0.15) is 0 Å². The lowest BCUT2D eigenvalue weighted by molar-refractivity contribution is 1.17. The van der Waals surface area contributed by atoms with Crippen LogP contribution in [0.5, 0.6) is 0 Å². The minimum Gasteiger partial charge on any atom is -0.310 e. The molecule has 0 unspecified atom stereocenters. The number of nitrogens with zero attached hydrogens (tertiary/aromatic N) is 2. The van der Waals surface area contributed by atoms with E-state index in [4.69, 9.17) is 0 Å². The Labute approximate surface area is 325 Å². The first kappa shape index (κ1) is 32.0. The summed E-state index contributed by atoms with van der Waals surface area (Å²) in [6.07, 6.45) is 0. The first-order chi connectivity index (χ1) is 27.8. The number of aromatic nitrogens is 1. The van der Waals surface area contributed by atoms with E-state index in [-0.39, 0.29) is 0 Å². The van der Waals surface area contributed by atoms with Crippen LogP contribution in [0.2, 0.25) is 0 Å². The van der Waals surface area contributed by atoms with Crippen molar-refractivity contribution in [3.8, 4) is 27.9 Å². The van der Waals surface area contributed by atoms with Crippen molar-refractivity contribution in [2.45, 2.75) is 0 Å². The SMILES string of the molecule is c1cc(-c2cccc3ccccc23)cc(N(c2cccc(-n3c4ccccc4c4ccccc43)c2)c2ccc(-c3cccc4ccccc34)c3ccccc23)c1. The van der Waals surface area contributed by atoms with E-state index in [1.165, 1.54) is 76.4 Å². The molecule has 10 aromatic carbocycles. The van der Waals surface area contributed by atoms with Crippen molar-refractivity contribution in [1.29, 1.82) is 0 Å². The van der Waals surface area contributed by atoms with Gasteiger partial charge in [-0.2, -0.15) is 0 Å². The lowest BCUT2D eigenvalue weighted by atomic mass is 9.92. The Bertz CT molecular complexity index is 3210. The molecule has 0 atom stereocenters. The molecular formula is C54H36N2. The highest BCUT2D eigenvalue weighted by Crippen LogP contribution is 2.45. The zero-order valence-electron chi connectivity index (χ0n) is 30.7. The van der Waals surface area contributed by atoms with Gasteiger partial charge in [0.25, 0.3) is 0 Å². The van der Waals surface area contributed by atoms with E-state index in [1.807, 2.05) is 0 Å². The highest BCUT2D eigenvalue weighted by atomic mass is 15.1. The molecule has 0 aliphatic rings. The van der Waals surface area contributed by atoms with E-state index in [0.717, 1.165) is 22.7 Å². The maximum atomic E-state index is 2.45. The van der Waals surface area contributed by atoms with Gasteiger partial charge < -0.3 is 9.47 Å². The van der Waals surface area contributed by atoms with Crippen molar-refractivity contribution in [3.05, 3.63) is 218 Å². The van der Waals surface area contributed by atoms with E-state index < -0.39 is 0 Å². The van der Waals surface area contributed by atoms with Crippen molar-refractivity contribution >= 4 is 71.2 Å². The van der Waals surface area contributed by atoms with Gasteiger partial charge in [-0.3, -0.25) is 0 Å². The molecule has 2 nitrogen and oxygen atoms in total. The lowest BCUT2D eigenvalue weighted by Crippen LogP contribution is -2.11. The molecule has 0 radical (unpaired) electrons. The van der Waals surface area contributed by atoms with E-state index >= 15 is 0 Å². The Hall–Kier alpha value is -7.42. The fourth-order valence-electron chi connectivity index (χ4n) is 8.86. The Kier molecular flexibility index (Phi) is 7.53. The summed E-state index contributed by atoms with van der Waals surface area (Å²) in [5.74, 6) is 0. The first-order valence-electron chi connectivity index (χ1n) is 19.3. The van der Waals surface area contributed by atoms with Gasteiger partial charge in [0.2, 0.25) is 0 Å². The topological polar surface area (TPSA) is 8.17 Å². The summed E-state index contributed by atoms with van der Waals surface area (Å²) < 4.78 is 2.40. The summed E-state index contributed by atoms with van der Waals surface area (Å²) >= 11 is 0. The summed E-state index contributed by atoms with van der Waals surface area (Å²) in [5, 5.41) is 9.90. The van der Waals surface area contributed by atoms with Gasteiger partial charge in [-0.1, -0.05) is 170 Å². The Balaban J connectivity index is 1.16. The van der Waals surface area contributed by atoms with Gasteiger partial charge in [0.15, 0.2) is 0 Å². The monoisotopic (exact) mass is 712 g/mol. The van der Waals surface area contributed by atoms with Crippen molar-refractivity contribution in [2.24, 2.45) is 0 Å². The number of benzene rings is 10. The molecule has 262 valence electrons. The molecule has 11 rings (SSSR count). The largest absolute Gasteiger partial charge is 0.310 e. The van der Waals surface area contributed by atoms with Crippen LogP contribution in [-0.4, -0.2) is 4.57 Å². The van der Waals surface area contributed by atoms with E-state index in [9.17, 15) is 0 Å². The summed E-state index contributed by atoms with van der Waals surface area (Å²) in [6, 6.07) is 79.6. The molecule has 0 amide bonds. The molecule has 1 aromatic heterocycles. The van der Waals surface area contributed by atoms with Crippen molar-refractivity contribution < 1.29 is 0 Å². The summed E-state index contributed by atoms with van der Waals surface area (Å²) in [5.41, 5.74) is 11.7. The van der Waals surface area contributed by atoms with E-state index in [0.29, 0.717) is 0 Å². The third-order valence-corrected chi connectivity index (χ3v) is 11.4. The van der Waals surface area contributed by atoms with Crippen LogP contribution < -0.4 is 4.90 Å². The van der Waals surface area contributed by atoms with E-state index in [2.05, 4.69) is 228 Å². The summed E-state index contributed by atoms with van der Waals surface area (Å²) in [4.78, 5) is 2.45. The van der Waals surface area contributed by atoms with Gasteiger partial charge in [0.1, 0.15) is 0 Å². The van der Waals surface area contributed by atoms with Crippen LogP contribution in [0, 0.1) is 0 Å². The number of hydrogen-bond donors (Lipinski definition) is 0. The molecule has 0 spiro atoms.